The normalized spacial score (nSPS) is 13.1. The van der Waals surface area contributed by atoms with Crippen molar-refractivity contribution in [2.45, 2.75) is 0 Å². The van der Waals surface area contributed by atoms with Crippen LogP contribution in [0, 0.1) is 0 Å². The van der Waals surface area contributed by atoms with E-state index in [1.807, 2.05) is 11.4 Å². The van der Waals surface area contributed by atoms with Crippen LogP contribution in [0.5, 0.6) is 0 Å². The molecule has 15 heavy (non-hydrogen) atoms. The van der Waals surface area contributed by atoms with Crippen LogP contribution in [0.2, 0.25) is 0 Å². The molecule has 1 aromatic rings. The SMILES string of the molecule is Nc1cccc(N)c1.O=C1C=CC(=O)N1. The number of hydrogen-bond donors (Lipinski definition) is 3. The second-order valence-corrected chi connectivity index (χ2v) is 2.86. The van der Waals surface area contributed by atoms with E-state index in [0.29, 0.717) is 11.4 Å². The second kappa shape index (κ2) is 4.80. The molecule has 0 unspecified atom stereocenters. The molecule has 0 aliphatic carbocycles. The number of imide groups is 1. The van der Waals surface area contributed by atoms with Gasteiger partial charge in [-0.25, -0.2) is 0 Å². The number of carbonyl (C=O) groups is 2. The molecule has 1 heterocycles. The Kier molecular flexibility index (Phi) is 3.45. The number of benzene rings is 1. The van der Waals surface area contributed by atoms with Crippen molar-refractivity contribution in [2.75, 3.05) is 11.5 Å². The quantitative estimate of drug-likeness (QED) is 0.411. The lowest BCUT2D eigenvalue weighted by molar-refractivity contribution is -0.123. The maximum Gasteiger partial charge on any atom is 0.250 e. The van der Waals surface area contributed by atoms with E-state index in [4.69, 9.17) is 11.5 Å². The molecule has 0 aromatic heterocycles. The molecule has 1 aliphatic rings. The molecule has 5 heteroatoms. The third-order valence-electron chi connectivity index (χ3n) is 1.54. The highest BCUT2D eigenvalue weighted by Crippen LogP contribution is 2.06. The molecule has 0 bridgehead atoms. The summed E-state index contributed by atoms with van der Waals surface area (Å²) in [5.74, 6) is -0.657. The first-order valence-corrected chi connectivity index (χ1v) is 4.22. The minimum atomic E-state index is -0.329. The molecular weight excluding hydrogens is 194 g/mol. The fourth-order valence-electron chi connectivity index (χ4n) is 0.915. The van der Waals surface area contributed by atoms with Crippen LogP contribution >= 0.6 is 0 Å². The van der Waals surface area contributed by atoms with Crippen LogP contribution in [0.15, 0.2) is 36.4 Å². The van der Waals surface area contributed by atoms with E-state index >= 15 is 0 Å². The summed E-state index contributed by atoms with van der Waals surface area (Å²) in [5, 5.41) is 2.03. The van der Waals surface area contributed by atoms with E-state index in [-0.39, 0.29) is 11.8 Å². The van der Waals surface area contributed by atoms with Crippen molar-refractivity contribution in [2.24, 2.45) is 0 Å². The molecule has 1 aromatic carbocycles. The first kappa shape index (κ1) is 10.8. The Morgan fingerprint density at radius 3 is 1.60 bits per heavy atom. The van der Waals surface area contributed by atoms with Crippen LogP contribution in [0.4, 0.5) is 11.4 Å². The van der Waals surface area contributed by atoms with Gasteiger partial charge < -0.3 is 11.5 Å². The van der Waals surface area contributed by atoms with Gasteiger partial charge in [-0.15, -0.1) is 0 Å². The Bertz CT molecular complexity index is 380. The van der Waals surface area contributed by atoms with E-state index in [1.165, 1.54) is 12.2 Å². The van der Waals surface area contributed by atoms with Gasteiger partial charge in [-0.2, -0.15) is 0 Å². The maximum absolute atomic E-state index is 10.0. The van der Waals surface area contributed by atoms with Gasteiger partial charge in [-0.1, -0.05) is 6.07 Å². The number of carbonyl (C=O) groups excluding carboxylic acids is 2. The van der Waals surface area contributed by atoms with Gasteiger partial charge in [-0.3, -0.25) is 14.9 Å². The first-order valence-electron chi connectivity index (χ1n) is 4.22. The third-order valence-corrected chi connectivity index (χ3v) is 1.54. The summed E-state index contributed by atoms with van der Waals surface area (Å²) in [6.07, 6.45) is 2.39. The molecule has 78 valence electrons. The van der Waals surface area contributed by atoms with Gasteiger partial charge >= 0.3 is 0 Å². The molecule has 0 spiro atoms. The molecule has 0 radical (unpaired) electrons. The van der Waals surface area contributed by atoms with Gasteiger partial charge in [0.25, 0.3) is 11.8 Å². The van der Waals surface area contributed by atoms with Crippen molar-refractivity contribution in [3.05, 3.63) is 36.4 Å². The number of nitrogens with one attached hydrogen (secondary N) is 1. The Morgan fingerprint density at radius 1 is 0.933 bits per heavy atom. The number of amides is 2. The average Bonchev–Trinajstić information content (AvgIpc) is 2.50. The highest BCUT2D eigenvalue weighted by atomic mass is 16.2. The largest absolute Gasteiger partial charge is 0.399 e. The fourth-order valence-corrected chi connectivity index (χ4v) is 0.915. The van der Waals surface area contributed by atoms with Crippen LogP contribution in [0.25, 0.3) is 0 Å². The highest BCUT2D eigenvalue weighted by Gasteiger charge is 2.06. The van der Waals surface area contributed by atoms with Crippen LogP contribution in [-0.4, -0.2) is 11.8 Å². The van der Waals surface area contributed by atoms with E-state index in [2.05, 4.69) is 0 Å². The zero-order chi connectivity index (χ0) is 11.3. The van der Waals surface area contributed by atoms with Gasteiger partial charge in [0.15, 0.2) is 0 Å². The van der Waals surface area contributed by atoms with Crippen molar-refractivity contribution in [1.82, 2.24) is 5.32 Å². The van der Waals surface area contributed by atoms with Crippen LogP contribution in [-0.2, 0) is 9.59 Å². The summed E-state index contributed by atoms with van der Waals surface area (Å²) < 4.78 is 0. The summed E-state index contributed by atoms with van der Waals surface area (Å²) in [7, 11) is 0. The van der Waals surface area contributed by atoms with Crippen molar-refractivity contribution in [1.29, 1.82) is 0 Å². The van der Waals surface area contributed by atoms with Crippen molar-refractivity contribution in [3.63, 3.8) is 0 Å². The summed E-state index contributed by atoms with van der Waals surface area (Å²) in [4.78, 5) is 20.1. The van der Waals surface area contributed by atoms with Gasteiger partial charge in [0, 0.05) is 23.5 Å². The molecule has 0 saturated heterocycles. The molecule has 2 amide bonds. The predicted octanol–water partition coefficient (Wildman–Crippen LogP) is 0.0500. The lowest BCUT2D eigenvalue weighted by atomic mass is 10.3. The Hall–Kier alpha value is -2.30. The second-order valence-electron chi connectivity index (χ2n) is 2.86. The molecular formula is C10H11N3O2. The molecule has 0 fully saturated rings. The zero-order valence-electron chi connectivity index (χ0n) is 7.94. The maximum atomic E-state index is 10.0. The first-order chi connectivity index (χ1) is 7.08. The minimum absolute atomic E-state index is 0.329. The molecule has 1 aliphatic heterocycles. The summed E-state index contributed by atoms with van der Waals surface area (Å²) in [5.41, 5.74) is 12.2. The molecule has 5 nitrogen and oxygen atoms in total. The summed E-state index contributed by atoms with van der Waals surface area (Å²) in [6, 6.07) is 7.15. The fraction of sp³-hybridized carbons (Fsp3) is 0. The minimum Gasteiger partial charge on any atom is -0.399 e. The summed E-state index contributed by atoms with van der Waals surface area (Å²) >= 11 is 0. The van der Waals surface area contributed by atoms with Crippen molar-refractivity contribution in [3.8, 4) is 0 Å². The topological polar surface area (TPSA) is 98.2 Å². The summed E-state index contributed by atoms with van der Waals surface area (Å²) in [6.45, 7) is 0. The Morgan fingerprint density at radius 2 is 1.40 bits per heavy atom. The zero-order valence-corrected chi connectivity index (χ0v) is 7.94. The predicted molar refractivity (Wildman–Crippen MR) is 57.6 cm³/mol. The van der Waals surface area contributed by atoms with Gasteiger partial charge in [-0.05, 0) is 18.2 Å². The number of anilines is 2. The molecule has 0 atom stereocenters. The van der Waals surface area contributed by atoms with Crippen molar-refractivity contribution < 1.29 is 9.59 Å². The van der Waals surface area contributed by atoms with Gasteiger partial charge in [0.1, 0.15) is 0 Å². The average molecular weight is 205 g/mol. The van der Waals surface area contributed by atoms with Gasteiger partial charge in [0.2, 0.25) is 0 Å². The Balaban J connectivity index is 0.000000151. The van der Waals surface area contributed by atoms with E-state index in [9.17, 15) is 9.59 Å². The molecule has 5 N–H and O–H groups in total. The lowest BCUT2D eigenvalue weighted by Gasteiger charge is -1.91. The lowest BCUT2D eigenvalue weighted by Crippen LogP contribution is -2.19. The number of rotatable bonds is 0. The van der Waals surface area contributed by atoms with Crippen LogP contribution in [0.1, 0.15) is 0 Å². The number of nitrogens with two attached hydrogens (primary N) is 2. The van der Waals surface area contributed by atoms with Crippen LogP contribution in [0.3, 0.4) is 0 Å². The monoisotopic (exact) mass is 205 g/mol. The smallest absolute Gasteiger partial charge is 0.250 e. The van der Waals surface area contributed by atoms with E-state index < -0.39 is 0 Å². The molecule has 2 rings (SSSR count). The number of hydrogen-bond acceptors (Lipinski definition) is 4. The number of nitrogen functional groups attached to an aromatic ring is 2. The van der Waals surface area contributed by atoms with Crippen LogP contribution < -0.4 is 16.8 Å². The van der Waals surface area contributed by atoms with E-state index in [0.717, 1.165) is 0 Å². The third kappa shape index (κ3) is 3.95. The van der Waals surface area contributed by atoms with E-state index in [1.54, 1.807) is 18.2 Å². The highest BCUT2D eigenvalue weighted by molar-refractivity contribution is 6.12. The van der Waals surface area contributed by atoms with Gasteiger partial charge in [0.05, 0.1) is 0 Å². The Labute approximate surface area is 86.8 Å². The molecule has 0 saturated carbocycles. The standard InChI is InChI=1S/C6H8N2.C4H3NO2/c7-5-2-1-3-6(8)4-5;6-3-1-2-4(7)5-3/h1-4H,7-8H2;1-2H,(H,5,6,7). The van der Waals surface area contributed by atoms with Crippen molar-refractivity contribution >= 4 is 23.2 Å².